The quantitative estimate of drug-likeness (QED) is 0.135. The van der Waals surface area contributed by atoms with Crippen molar-refractivity contribution in [3.8, 4) is 0 Å². The predicted octanol–water partition coefficient (Wildman–Crippen LogP) is 11.8. The van der Waals surface area contributed by atoms with Gasteiger partial charge >= 0.3 is 7.12 Å². The smallest absolute Gasteiger partial charge is 0.410 e. The molecule has 0 bridgehead atoms. The molecule has 89 heavy (non-hydrogen) atoms. The summed E-state index contributed by atoms with van der Waals surface area (Å²) in [6.45, 7) is 13.2. The van der Waals surface area contributed by atoms with Crippen LogP contribution in [0.5, 0.6) is 0 Å². The molecular formula is C80H71B2BrN2O2Si2. The topological polar surface area (TPSA) is 24.9 Å². The Hall–Kier alpha value is -8.80. The lowest BCUT2D eigenvalue weighted by Crippen LogP contribution is -2.78. The first-order valence-corrected chi connectivity index (χ1v) is 35.6. The molecule has 0 spiro atoms. The highest BCUT2D eigenvalue weighted by molar-refractivity contribution is 9.10. The zero-order valence-electron chi connectivity index (χ0n) is 51.9. The van der Waals surface area contributed by atoms with Crippen LogP contribution in [0, 0.1) is 41.5 Å². The van der Waals surface area contributed by atoms with E-state index in [1.54, 1.807) is 14.2 Å². The van der Waals surface area contributed by atoms with Gasteiger partial charge in [0.05, 0.1) is 5.69 Å². The van der Waals surface area contributed by atoms with Gasteiger partial charge in [0.25, 0.3) is 0 Å². The molecule has 12 aromatic rings. The van der Waals surface area contributed by atoms with E-state index >= 15 is 0 Å². The van der Waals surface area contributed by atoms with Crippen molar-refractivity contribution in [2.45, 2.75) is 41.5 Å². The van der Waals surface area contributed by atoms with Gasteiger partial charge in [-0.3, -0.25) is 0 Å². The lowest BCUT2D eigenvalue weighted by Gasteiger charge is -2.49. The van der Waals surface area contributed by atoms with Crippen molar-refractivity contribution in [3.05, 3.63) is 323 Å². The van der Waals surface area contributed by atoms with Crippen LogP contribution >= 0.6 is 15.9 Å². The molecule has 0 N–H and O–H groups in total. The van der Waals surface area contributed by atoms with E-state index in [4.69, 9.17) is 9.31 Å². The van der Waals surface area contributed by atoms with Crippen LogP contribution in [0.3, 0.4) is 0 Å². The van der Waals surface area contributed by atoms with E-state index in [-0.39, 0.29) is 13.8 Å². The SMILES string of the molecule is Brc1ccccc1N1c2ccccc2[Si](c2ccccc2)(c2ccccc2)c2ccccc21.COB(OC)c1c(C)cc(C)cc1C.Cc1cc(C)c(B2c3ccccc3N3c4ccccc4[Si](c4ccccc4)(c4ccccc4)c4cccc2c43)c(C)c1. The summed E-state index contributed by atoms with van der Waals surface area (Å²) in [4.78, 5) is 5.01. The first-order valence-electron chi connectivity index (χ1n) is 30.8. The molecule has 0 amide bonds. The molecule has 0 saturated carbocycles. The number of halogens is 1. The maximum Gasteiger partial charge on any atom is 0.493 e. The second-order valence-corrected chi connectivity index (χ2v) is 32.1. The van der Waals surface area contributed by atoms with E-state index in [0.29, 0.717) is 0 Å². The van der Waals surface area contributed by atoms with Gasteiger partial charge in [-0.25, -0.2) is 0 Å². The average molecular weight is 1250 g/mol. The summed E-state index contributed by atoms with van der Waals surface area (Å²) in [5.41, 5.74) is 20.7. The summed E-state index contributed by atoms with van der Waals surface area (Å²) in [5.74, 6) is 0. The summed E-state index contributed by atoms with van der Waals surface area (Å²) >= 11 is 3.82. The van der Waals surface area contributed by atoms with Gasteiger partial charge in [-0.05, 0) is 152 Å². The van der Waals surface area contributed by atoms with Gasteiger partial charge in [0.2, 0.25) is 6.71 Å². The van der Waals surface area contributed by atoms with E-state index in [1.807, 2.05) is 0 Å². The van der Waals surface area contributed by atoms with Crippen molar-refractivity contribution in [1.82, 2.24) is 0 Å². The Morgan fingerprint density at radius 2 is 0.674 bits per heavy atom. The number of fused-ring (bicyclic) bond motifs is 6. The van der Waals surface area contributed by atoms with Crippen LogP contribution in [0.1, 0.15) is 33.4 Å². The molecule has 12 aromatic carbocycles. The molecular weight excluding hydrogens is 1180 g/mol. The number of rotatable bonds is 9. The van der Waals surface area contributed by atoms with Gasteiger partial charge in [-0.15, -0.1) is 0 Å². The van der Waals surface area contributed by atoms with Crippen molar-refractivity contribution in [1.29, 1.82) is 0 Å². The van der Waals surface area contributed by atoms with E-state index in [0.717, 1.165) is 15.6 Å². The number of hydrogen-bond donors (Lipinski definition) is 0. The van der Waals surface area contributed by atoms with Gasteiger partial charge in [0, 0.05) is 47.1 Å². The van der Waals surface area contributed by atoms with E-state index in [2.05, 4.69) is 352 Å². The van der Waals surface area contributed by atoms with E-state index < -0.39 is 16.1 Å². The zero-order valence-corrected chi connectivity index (χ0v) is 55.5. The summed E-state index contributed by atoms with van der Waals surface area (Å²) in [7, 11) is -2.12. The third-order valence-corrected chi connectivity index (χ3v) is 28.9. The molecule has 0 unspecified atom stereocenters. The van der Waals surface area contributed by atoms with Crippen molar-refractivity contribution in [2.75, 3.05) is 24.0 Å². The van der Waals surface area contributed by atoms with Crippen molar-refractivity contribution < 1.29 is 9.31 Å². The molecule has 0 aromatic heterocycles. The maximum atomic E-state index is 5.26. The first-order chi connectivity index (χ1) is 43.5. The standard InChI is InChI=1S/C39H32BNSi.C30H22BrNSi.C11H17BO2/c1-27-25-28(2)38(29(3)26-27)40-32-19-10-11-21-34(32)41-35-22-12-13-23-36(35)42(30-15-6-4-7-16-30,31-17-8-5-9-18-31)37-24-14-20-33(40)39(37)41;31-25-17-7-8-18-26(25)32-27-19-9-11-21-29(27)33(23-13-3-1-4-14-23,24-15-5-2-6-16-24)30-22-12-10-20-28(30)32;1-8-6-9(2)11(10(3)7-8)12(13-4)14-5/h4-26H,1-3H3;1-22H;6-7H,1-5H3. The Morgan fingerprint density at radius 3 is 1.11 bits per heavy atom. The molecule has 434 valence electrons. The van der Waals surface area contributed by atoms with E-state index in [1.165, 1.54) is 120 Å². The molecule has 4 nitrogen and oxygen atoms in total. The van der Waals surface area contributed by atoms with Gasteiger partial charge < -0.3 is 19.1 Å². The number of para-hydroxylation sites is 6. The highest BCUT2D eigenvalue weighted by Gasteiger charge is 2.53. The number of hydrogen-bond acceptors (Lipinski definition) is 4. The number of benzene rings is 12. The summed E-state index contributed by atoms with van der Waals surface area (Å²) < 4.78 is 11.6. The Labute approximate surface area is 537 Å². The fraction of sp³-hybridized carbons (Fsp3) is 0.100. The first kappa shape index (κ1) is 59.2. The Morgan fingerprint density at radius 1 is 0.337 bits per heavy atom. The Balaban J connectivity index is 0.000000138. The fourth-order valence-electron chi connectivity index (χ4n) is 15.3. The van der Waals surface area contributed by atoms with Crippen LogP contribution in [0.15, 0.2) is 290 Å². The molecule has 0 radical (unpaired) electrons. The minimum absolute atomic E-state index is 0.163. The largest absolute Gasteiger partial charge is 0.493 e. The van der Waals surface area contributed by atoms with Crippen LogP contribution in [-0.2, 0) is 9.31 Å². The molecule has 9 heteroatoms. The molecule has 15 rings (SSSR count). The lowest BCUT2D eigenvalue weighted by molar-refractivity contribution is 0.291. The van der Waals surface area contributed by atoms with Crippen LogP contribution in [0.2, 0.25) is 0 Å². The summed E-state index contributed by atoms with van der Waals surface area (Å²) in [6.07, 6.45) is 0. The highest BCUT2D eigenvalue weighted by Crippen LogP contribution is 2.42. The van der Waals surface area contributed by atoms with Crippen molar-refractivity contribution in [3.63, 3.8) is 0 Å². The van der Waals surface area contributed by atoms with E-state index in [9.17, 15) is 0 Å². The monoisotopic (exact) mass is 1250 g/mol. The van der Waals surface area contributed by atoms with Gasteiger partial charge in [-0.1, -0.05) is 288 Å². The molecule has 0 saturated heterocycles. The number of anilines is 6. The average Bonchev–Trinajstić information content (AvgIpc) is 0.697. The molecule has 0 fully saturated rings. The van der Waals surface area contributed by atoms with Crippen molar-refractivity contribution in [2.24, 2.45) is 0 Å². The van der Waals surface area contributed by atoms with Crippen LogP contribution < -0.4 is 73.1 Å². The molecule has 3 heterocycles. The molecule has 3 aliphatic rings. The fourth-order valence-corrected chi connectivity index (χ4v) is 26.0. The molecule has 3 aliphatic heterocycles. The van der Waals surface area contributed by atoms with Gasteiger partial charge in [0.1, 0.15) is 0 Å². The second kappa shape index (κ2) is 25.0. The Bertz CT molecular complexity index is 4370. The highest BCUT2D eigenvalue weighted by atomic mass is 79.9. The molecule has 0 atom stereocenters. The predicted molar refractivity (Wildman–Crippen MR) is 390 cm³/mol. The third kappa shape index (κ3) is 10.1. The zero-order chi connectivity index (χ0) is 61.4. The van der Waals surface area contributed by atoms with Crippen LogP contribution in [-0.4, -0.2) is 44.2 Å². The minimum Gasteiger partial charge on any atom is -0.410 e. The third-order valence-electron chi connectivity index (χ3n) is 18.5. The summed E-state index contributed by atoms with van der Waals surface area (Å²) in [6, 6.07) is 106. The van der Waals surface area contributed by atoms with Gasteiger partial charge in [-0.2, -0.15) is 0 Å². The molecule has 0 aliphatic carbocycles. The number of nitrogens with zero attached hydrogens (tertiary/aromatic N) is 2. The van der Waals surface area contributed by atoms with Crippen molar-refractivity contribution >= 4 is 143 Å². The maximum absolute atomic E-state index is 5.26. The van der Waals surface area contributed by atoms with Gasteiger partial charge in [0.15, 0.2) is 16.1 Å². The normalized spacial score (nSPS) is 13.4. The van der Waals surface area contributed by atoms with Crippen LogP contribution in [0.4, 0.5) is 34.1 Å². The lowest BCUT2D eigenvalue weighted by atomic mass is 9.34. The second-order valence-electron chi connectivity index (χ2n) is 23.8. The Kier molecular flexibility index (Phi) is 16.6. The van der Waals surface area contributed by atoms with Crippen LogP contribution in [0.25, 0.3) is 0 Å². The number of aryl methyl sites for hydroxylation is 6. The minimum atomic E-state index is -2.66. The summed E-state index contributed by atoms with van der Waals surface area (Å²) in [5, 5.41) is 11.4.